The first-order valence-electron chi connectivity index (χ1n) is 3.36. The van der Waals surface area contributed by atoms with E-state index in [1.807, 2.05) is 6.07 Å². The fraction of sp³-hybridized carbons (Fsp3) is 0.429. The van der Waals surface area contributed by atoms with Gasteiger partial charge in [0.1, 0.15) is 5.82 Å². The molecule has 2 N–H and O–H groups in total. The molecule has 1 heterocycles. The van der Waals surface area contributed by atoms with Crippen molar-refractivity contribution < 1.29 is 4.74 Å². The van der Waals surface area contributed by atoms with Crippen LogP contribution in [0.1, 0.15) is 11.5 Å². The summed E-state index contributed by atoms with van der Waals surface area (Å²) in [4.78, 5) is 8.07. The minimum absolute atomic E-state index is 0.373. The molecule has 1 rings (SSSR count). The maximum absolute atomic E-state index is 5.35. The Morgan fingerprint density at radius 1 is 1.64 bits per heavy atom. The largest absolute Gasteiger partial charge is 0.378 e. The topological polar surface area (TPSA) is 61.0 Å². The van der Waals surface area contributed by atoms with E-state index in [-0.39, 0.29) is 0 Å². The molecule has 0 aliphatic heterocycles. The van der Waals surface area contributed by atoms with Crippen molar-refractivity contribution in [2.45, 2.75) is 13.2 Å². The average Bonchev–Trinajstić information content (AvgIpc) is 2.06. The summed E-state index contributed by atoms with van der Waals surface area (Å²) in [6.45, 7) is 0.882. The number of nitrogens with zero attached hydrogens (tertiary/aromatic N) is 2. The zero-order valence-electron chi connectivity index (χ0n) is 6.45. The summed E-state index contributed by atoms with van der Waals surface area (Å²) >= 11 is 0. The van der Waals surface area contributed by atoms with Crippen LogP contribution in [-0.2, 0) is 17.9 Å². The van der Waals surface area contributed by atoms with Crippen LogP contribution in [0, 0.1) is 0 Å². The normalized spacial score (nSPS) is 10.0. The third kappa shape index (κ3) is 2.25. The SMILES string of the molecule is COCc1ccnc(CN)n1. The minimum Gasteiger partial charge on any atom is -0.378 e. The van der Waals surface area contributed by atoms with E-state index in [1.54, 1.807) is 13.3 Å². The van der Waals surface area contributed by atoms with Gasteiger partial charge < -0.3 is 10.5 Å². The molecule has 0 bridgehead atoms. The number of hydrogen-bond donors (Lipinski definition) is 1. The van der Waals surface area contributed by atoms with E-state index in [0.29, 0.717) is 19.0 Å². The highest BCUT2D eigenvalue weighted by Gasteiger charge is 1.95. The molecule has 4 heteroatoms. The number of hydrogen-bond acceptors (Lipinski definition) is 4. The molecule has 0 aliphatic rings. The van der Waals surface area contributed by atoms with Crippen molar-refractivity contribution in [3.8, 4) is 0 Å². The summed E-state index contributed by atoms with van der Waals surface area (Å²) in [5.41, 5.74) is 6.21. The molecule has 0 saturated carbocycles. The Kier molecular flexibility index (Phi) is 2.95. The van der Waals surface area contributed by atoms with Gasteiger partial charge in [0.15, 0.2) is 0 Å². The van der Waals surface area contributed by atoms with Crippen LogP contribution in [-0.4, -0.2) is 17.1 Å². The predicted molar refractivity (Wildman–Crippen MR) is 40.6 cm³/mol. The van der Waals surface area contributed by atoms with Crippen LogP contribution in [0.15, 0.2) is 12.3 Å². The molecule has 0 amide bonds. The number of rotatable bonds is 3. The summed E-state index contributed by atoms with van der Waals surface area (Å²) in [5.74, 6) is 0.652. The predicted octanol–water partition coefficient (Wildman–Crippen LogP) is 0.0817. The molecule has 0 unspecified atom stereocenters. The second kappa shape index (κ2) is 4.00. The number of aromatic nitrogens is 2. The second-order valence-corrected chi connectivity index (χ2v) is 2.10. The molecule has 0 aromatic carbocycles. The van der Waals surface area contributed by atoms with Crippen molar-refractivity contribution in [2.75, 3.05) is 7.11 Å². The molecule has 4 nitrogen and oxygen atoms in total. The number of methoxy groups -OCH3 is 1. The average molecular weight is 153 g/mol. The van der Waals surface area contributed by atoms with Crippen molar-refractivity contribution in [2.24, 2.45) is 5.73 Å². The Morgan fingerprint density at radius 2 is 2.45 bits per heavy atom. The molecule has 0 spiro atoms. The standard InChI is InChI=1S/C7H11N3O/c1-11-5-6-2-3-9-7(4-8)10-6/h2-3H,4-5,8H2,1H3. The Morgan fingerprint density at radius 3 is 3.09 bits per heavy atom. The van der Waals surface area contributed by atoms with Gasteiger partial charge in [-0.1, -0.05) is 0 Å². The van der Waals surface area contributed by atoms with E-state index < -0.39 is 0 Å². The first-order chi connectivity index (χ1) is 5.36. The van der Waals surface area contributed by atoms with E-state index in [0.717, 1.165) is 5.69 Å². The van der Waals surface area contributed by atoms with Crippen LogP contribution in [0.3, 0.4) is 0 Å². The number of nitrogens with two attached hydrogens (primary N) is 1. The molecule has 0 saturated heterocycles. The lowest BCUT2D eigenvalue weighted by Gasteiger charge is -1.99. The number of ether oxygens (including phenoxy) is 1. The van der Waals surface area contributed by atoms with E-state index in [4.69, 9.17) is 10.5 Å². The molecular weight excluding hydrogens is 142 g/mol. The van der Waals surface area contributed by atoms with Gasteiger partial charge in [0.2, 0.25) is 0 Å². The van der Waals surface area contributed by atoms with E-state index in [9.17, 15) is 0 Å². The first kappa shape index (κ1) is 8.10. The Balaban J connectivity index is 2.74. The van der Waals surface area contributed by atoms with Gasteiger partial charge in [-0.15, -0.1) is 0 Å². The van der Waals surface area contributed by atoms with Gasteiger partial charge in [0, 0.05) is 13.3 Å². The third-order valence-electron chi connectivity index (χ3n) is 1.24. The fourth-order valence-corrected chi connectivity index (χ4v) is 0.768. The minimum atomic E-state index is 0.373. The van der Waals surface area contributed by atoms with Crippen molar-refractivity contribution >= 4 is 0 Å². The van der Waals surface area contributed by atoms with Gasteiger partial charge in [0.25, 0.3) is 0 Å². The maximum atomic E-state index is 5.35. The van der Waals surface area contributed by atoms with Gasteiger partial charge in [-0.3, -0.25) is 0 Å². The molecule has 0 aliphatic carbocycles. The Bertz CT molecular complexity index is 227. The zero-order valence-corrected chi connectivity index (χ0v) is 6.45. The molecule has 0 radical (unpaired) electrons. The fourth-order valence-electron chi connectivity index (χ4n) is 0.768. The zero-order chi connectivity index (χ0) is 8.10. The van der Waals surface area contributed by atoms with E-state index in [1.165, 1.54) is 0 Å². The first-order valence-corrected chi connectivity index (χ1v) is 3.36. The van der Waals surface area contributed by atoms with Gasteiger partial charge in [-0.05, 0) is 6.07 Å². The van der Waals surface area contributed by atoms with Crippen LogP contribution < -0.4 is 5.73 Å². The quantitative estimate of drug-likeness (QED) is 0.668. The lowest BCUT2D eigenvalue weighted by Crippen LogP contribution is -2.04. The highest BCUT2D eigenvalue weighted by atomic mass is 16.5. The van der Waals surface area contributed by atoms with E-state index >= 15 is 0 Å². The molecule has 0 atom stereocenters. The molecule has 1 aromatic rings. The van der Waals surface area contributed by atoms with Crippen molar-refractivity contribution in [1.29, 1.82) is 0 Å². The maximum Gasteiger partial charge on any atom is 0.142 e. The van der Waals surface area contributed by atoms with Crippen LogP contribution in [0.2, 0.25) is 0 Å². The van der Waals surface area contributed by atoms with Gasteiger partial charge in [-0.2, -0.15) is 0 Å². The molecule has 60 valence electrons. The van der Waals surface area contributed by atoms with Crippen molar-refractivity contribution in [1.82, 2.24) is 9.97 Å². The monoisotopic (exact) mass is 153 g/mol. The summed E-state index contributed by atoms with van der Waals surface area (Å²) in [6.07, 6.45) is 1.68. The summed E-state index contributed by atoms with van der Waals surface area (Å²) in [5, 5.41) is 0. The second-order valence-electron chi connectivity index (χ2n) is 2.10. The van der Waals surface area contributed by atoms with E-state index in [2.05, 4.69) is 9.97 Å². The van der Waals surface area contributed by atoms with Crippen LogP contribution in [0.4, 0.5) is 0 Å². The lowest BCUT2D eigenvalue weighted by atomic mass is 10.4. The molecule has 0 fully saturated rings. The van der Waals surface area contributed by atoms with Gasteiger partial charge in [-0.25, -0.2) is 9.97 Å². The molecule has 1 aromatic heterocycles. The lowest BCUT2D eigenvalue weighted by molar-refractivity contribution is 0.181. The third-order valence-corrected chi connectivity index (χ3v) is 1.24. The Hall–Kier alpha value is -1.00. The van der Waals surface area contributed by atoms with Crippen LogP contribution >= 0.6 is 0 Å². The van der Waals surface area contributed by atoms with Crippen molar-refractivity contribution in [3.63, 3.8) is 0 Å². The highest BCUT2D eigenvalue weighted by molar-refractivity contribution is 5.00. The summed E-state index contributed by atoms with van der Waals surface area (Å²) < 4.78 is 4.90. The van der Waals surface area contributed by atoms with Gasteiger partial charge in [0.05, 0.1) is 18.8 Å². The summed E-state index contributed by atoms with van der Waals surface area (Å²) in [6, 6.07) is 1.81. The molecular formula is C7H11N3O. The van der Waals surface area contributed by atoms with Gasteiger partial charge >= 0.3 is 0 Å². The van der Waals surface area contributed by atoms with Crippen molar-refractivity contribution in [3.05, 3.63) is 23.8 Å². The van der Waals surface area contributed by atoms with Crippen LogP contribution in [0.5, 0.6) is 0 Å². The highest BCUT2D eigenvalue weighted by Crippen LogP contribution is 1.95. The smallest absolute Gasteiger partial charge is 0.142 e. The molecule has 11 heavy (non-hydrogen) atoms. The van der Waals surface area contributed by atoms with Crippen LogP contribution in [0.25, 0.3) is 0 Å². The summed E-state index contributed by atoms with van der Waals surface area (Å²) in [7, 11) is 1.63. The Labute approximate surface area is 65.4 Å².